The second kappa shape index (κ2) is 8.12. The molecule has 0 fully saturated rings. The Balaban J connectivity index is 1.81. The molecule has 0 aliphatic rings. The third kappa shape index (κ3) is 4.40. The van der Waals surface area contributed by atoms with Gasteiger partial charge in [-0.05, 0) is 60.0 Å². The third-order valence-corrected chi connectivity index (χ3v) is 6.45. The first kappa shape index (κ1) is 20.0. The van der Waals surface area contributed by atoms with Gasteiger partial charge in [0, 0.05) is 12.2 Å². The first-order chi connectivity index (χ1) is 13.3. The van der Waals surface area contributed by atoms with Crippen LogP contribution in [-0.2, 0) is 14.8 Å². The number of sulfonamides is 1. The number of carbonyl (C=O) groups is 1. The van der Waals surface area contributed by atoms with Crippen LogP contribution in [0.4, 0.5) is 5.69 Å². The van der Waals surface area contributed by atoms with Crippen molar-refractivity contribution in [2.45, 2.75) is 25.7 Å². The van der Waals surface area contributed by atoms with Gasteiger partial charge in [-0.1, -0.05) is 43.3 Å². The zero-order valence-electron chi connectivity index (χ0n) is 16.3. The monoisotopic (exact) mass is 396 g/mol. The molecule has 0 saturated carbocycles. The van der Waals surface area contributed by atoms with E-state index in [0.717, 1.165) is 21.9 Å². The number of carbonyl (C=O) groups excluding carboxylic acids is 1. The van der Waals surface area contributed by atoms with E-state index in [1.165, 1.54) is 4.31 Å². The Bertz CT molecular complexity index is 1100. The summed E-state index contributed by atoms with van der Waals surface area (Å²) in [5.74, 6) is -0.365. The predicted octanol–water partition coefficient (Wildman–Crippen LogP) is 4.11. The van der Waals surface area contributed by atoms with Crippen LogP contribution < -0.4 is 5.32 Å². The van der Waals surface area contributed by atoms with Gasteiger partial charge in [0.1, 0.15) is 0 Å². The average Bonchev–Trinajstić information content (AvgIpc) is 2.64. The lowest BCUT2D eigenvalue weighted by atomic mass is 10.1. The highest BCUT2D eigenvalue weighted by atomic mass is 32.2. The minimum Gasteiger partial charge on any atom is -0.325 e. The lowest BCUT2D eigenvalue weighted by molar-refractivity contribution is -0.116. The first-order valence-corrected chi connectivity index (χ1v) is 10.6. The maximum Gasteiger partial charge on any atom is 0.243 e. The molecule has 0 bridgehead atoms. The molecule has 0 aliphatic carbocycles. The number of hydrogen-bond donors (Lipinski definition) is 1. The Morgan fingerprint density at radius 1 is 0.929 bits per heavy atom. The maximum atomic E-state index is 13.0. The summed E-state index contributed by atoms with van der Waals surface area (Å²) in [4.78, 5) is 12.7. The molecule has 3 rings (SSSR count). The fraction of sp³-hybridized carbons (Fsp3) is 0.227. The van der Waals surface area contributed by atoms with E-state index in [4.69, 9.17) is 0 Å². The maximum absolute atomic E-state index is 13.0. The molecular formula is C22H24N2O3S. The van der Waals surface area contributed by atoms with E-state index in [-0.39, 0.29) is 23.9 Å². The average molecular weight is 397 g/mol. The van der Waals surface area contributed by atoms with Crippen LogP contribution in [-0.4, -0.2) is 31.7 Å². The van der Waals surface area contributed by atoms with Crippen molar-refractivity contribution in [2.24, 2.45) is 0 Å². The lowest BCUT2D eigenvalue weighted by Gasteiger charge is -2.20. The Labute approximate surface area is 166 Å². The molecule has 3 aromatic carbocycles. The number of hydrogen-bond acceptors (Lipinski definition) is 3. The summed E-state index contributed by atoms with van der Waals surface area (Å²) in [6.45, 7) is 5.59. The highest BCUT2D eigenvalue weighted by Crippen LogP contribution is 2.22. The van der Waals surface area contributed by atoms with Gasteiger partial charge in [0.05, 0.1) is 11.4 Å². The zero-order chi connectivity index (χ0) is 20.3. The van der Waals surface area contributed by atoms with Crippen LogP contribution in [0.5, 0.6) is 0 Å². The molecule has 28 heavy (non-hydrogen) atoms. The number of benzene rings is 3. The Hall–Kier alpha value is -2.70. The molecule has 0 unspecified atom stereocenters. The van der Waals surface area contributed by atoms with Gasteiger partial charge in [0.15, 0.2) is 0 Å². The summed E-state index contributed by atoms with van der Waals surface area (Å²) in [7, 11) is -3.77. The van der Waals surface area contributed by atoms with Crippen molar-refractivity contribution in [2.75, 3.05) is 18.4 Å². The van der Waals surface area contributed by atoms with Crippen LogP contribution in [0.15, 0.2) is 65.6 Å². The van der Waals surface area contributed by atoms with Gasteiger partial charge < -0.3 is 5.32 Å². The minimum atomic E-state index is -3.77. The molecule has 1 N–H and O–H groups in total. The topological polar surface area (TPSA) is 66.5 Å². The van der Waals surface area contributed by atoms with Crippen molar-refractivity contribution in [3.8, 4) is 0 Å². The largest absolute Gasteiger partial charge is 0.325 e. The molecule has 0 radical (unpaired) electrons. The number of nitrogens with zero attached hydrogens (tertiary/aromatic N) is 1. The van der Waals surface area contributed by atoms with E-state index in [9.17, 15) is 13.2 Å². The van der Waals surface area contributed by atoms with Gasteiger partial charge in [-0.2, -0.15) is 4.31 Å². The van der Waals surface area contributed by atoms with Gasteiger partial charge in [-0.25, -0.2) is 8.42 Å². The lowest BCUT2D eigenvalue weighted by Crippen LogP contribution is -2.37. The molecule has 0 aromatic heterocycles. The second-order valence-corrected chi connectivity index (χ2v) is 8.80. The van der Waals surface area contributed by atoms with Crippen molar-refractivity contribution in [1.29, 1.82) is 0 Å². The molecule has 3 aromatic rings. The SMILES string of the molecule is CCN(CC(=O)Nc1cc(C)cc(C)c1)S(=O)(=O)c1ccc2ccccc2c1. The van der Waals surface area contributed by atoms with Crippen molar-refractivity contribution in [3.63, 3.8) is 0 Å². The van der Waals surface area contributed by atoms with Crippen molar-refractivity contribution in [3.05, 3.63) is 71.8 Å². The van der Waals surface area contributed by atoms with Crippen LogP contribution in [0.3, 0.4) is 0 Å². The third-order valence-electron chi connectivity index (χ3n) is 4.54. The molecule has 146 valence electrons. The van der Waals surface area contributed by atoms with E-state index in [2.05, 4.69) is 5.32 Å². The molecule has 0 heterocycles. The number of rotatable bonds is 6. The molecule has 6 heteroatoms. The van der Waals surface area contributed by atoms with Gasteiger partial charge in [-0.15, -0.1) is 0 Å². The van der Waals surface area contributed by atoms with Crippen molar-refractivity contribution in [1.82, 2.24) is 4.31 Å². The summed E-state index contributed by atoms with van der Waals surface area (Å²) in [6, 6.07) is 18.3. The minimum absolute atomic E-state index is 0.187. The number of anilines is 1. The van der Waals surface area contributed by atoms with Crippen LogP contribution in [0.1, 0.15) is 18.1 Å². The second-order valence-electron chi connectivity index (χ2n) is 6.86. The van der Waals surface area contributed by atoms with E-state index in [1.54, 1.807) is 25.1 Å². The van der Waals surface area contributed by atoms with E-state index < -0.39 is 10.0 Å². The summed E-state index contributed by atoms with van der Waals surface area (Å²) < 4.78 is 27.3. The first-order valence-electron chi connectivity index (χ1n) is 9.16. The van der Waals surface area contributed by atoms with Crippen molar-refractivity contribution >= 4 is 32.4 Å². The van der Waals surface area contributed by atoms with E-state index >= 15 is 0 Å². The van der Waals surface area contributed by atoms with Gasteiger partial charge in [0.25, 0.3) is 0 Å². The molecule has 0 atom stereocenters. The molecule has 0 aliphatic heterocycles. The van der Waals surface area contributed by atoms with Crippen molar-refractivity contribution < 1.29 is 13.2 Å². The highest BCUT2D eigenvalue weighted by molar-refractivity contribution is 7.89. The standard InChI is InChI=1S/C22H24N2O3S/c1-4-24(15-22(25)23-20-12-16(2)11-17(3)13-20)28(26,27)21-10-9-18-7-5-6-8-19(18)14-21/h5-14H,4,15H2,1-3H3,(H,23,25). The number of nitrogens with one attached hydrogen (secondary N) is 1. The Morgan fingerprint density at radius 3 is 2.21 bits per heavy atom. The quantitative estimate of drug-likeness (QED) is 0.682. The van der Waals surface area contributed by atoms with Crippen LogP contribution in [0.25, 0.3) is 10.8 Å². The normalized spacial score (nSPS) is 11.7. The van der Waals surface area contributed by atoms with Gasteiger partial charge in [-0.3, -0.25) is 4.79 Å². The fourth-order valence-electron chi connectivity index (χ4n) is 3.25. The Morgan fingerprint density at radius 2 is 1.57 bits per heavy atom. The summed E-state index contributed by atoms with van der Waals surface area (Å²) in [5.41, 5.74) is 2.74. The van der Waals surface area contributed by atoms with Crippen LogP contribution in [0.2, 0.25) is 0 Å². The van der Waals surface area contributed by atoms with Crippen LogP contribution in [0, 0.1) is 13.8 Å². The van der Waals surface area contributed by atoms with Crippen LogP contribution >= 0.6 is 0 Å². The number of likely N-dealkylation sites (N-methyl/N-ethyl adjacent to an activating group) is 1. The van der Waals surface area contributed by atoms with E-state index in [1.807, 2.05) is 56.3 Å². The fourth-order valence-corrected chi connectivity index (χ4v) is 4.69. The molecule has 0 saturated heterocycles. The summed E-state index contributed by atoms with van der Waals surface area (Å²) in [6.07, 6.45) is 0. The summed E-state index contributed by atoms with van der Waals surface area (Å²) in [5, 5.41) is 4.61. The highest BCUT2D eigenvalue weighted by Gasteiger charge is 2.25. The number of fused-ring (bicyclic) bond motifs is 1. The molecule has 5 nitrogen and oxygen atoms in total. The smallest absolute Gasteiger partial charge is 0.243 e. The predicted molar refractivity (Wildman–Crippen MR) is 113 cm³/mol. The zero-order valence-corrected chi connectivity index (χ0v) is 17.1. The van der Waals surface area contributed by atoms with Gasteiger partial charge in [0.2, 0.25) is 15.9 Å². The van der Waals surface area contributed by atoms with E-state index in [0.29, 0.717) is 5.69 Å². The Kier molecular flexibility index (Phi) is 5.82. The van der Waals surface area contributed by atoms with Gasteiger partial charge >= 0.3 is 0 Å². The molecule has 0 spiro atoms. The molecule has 1 amide bonds. The summed E-state index contributed by atoms with van der Waals surface area (Å²) >= 11 is 0. The number of amides is 1. The molecular weight excluding hydrogens is 372 g/mol. The number of aryl methyl sites for hydroxylation is 2.